The Balaban J connectivity index is 1.92. The smallest absolute Gasteiger partial charge is 0.258 e. The molecule has 0 aliphatic heterocycles. The molecule has 4 nitrogen and oxygen atoms in total. The molecule has 138 valence electrons. The molecule has 0 bridgehead atoms. The van der Waals surface area contributed by atoms with Crippen LogP contribution in [0.4, 0.5) is 0 Å². The van der Waals surface area contributed by atoms with Crippen LogP contribution in [0.15, 0.2) is 54.6 Å². The molecule has 2 aromatic rings. The zero-order chi connectivity index (χ0) is 18.9. The van der Waals surface area contributed by atoms with Gasteiger partial charge in [-0.05, 0) is 42.2 Å². The summed E-state index contributed by atoms with van der Waals surface area (Å²) < 4.78 is 5.55. The molecule has 0 saturated heterocycles. The summed E-state index contributed by atoms with van der Waals surface area (Å²) in [4.78, 5) is 23.9. The number of ether oxygens (including phenoxy) is 1. The number of nitrogens with one attached hydrogen (secondary N) is 1. The average Bonchev–Trinajstić information content (AvgIpc) is 2.66. The van der Waals surface area contributed by atoms with Gasteiger partial charge in [0.2, 0.25) is 0 Å². The summed E-state index contributed by atoms with van der Waals surface area (Å²) in [6, 6.07) is 16.8. The van der Waals surface area contributed by atoms with Crippen molar-refractivity contribution in [3.8, 4) is 5.75 Å². The van der Waals surface area contributed by atoms with Gasteiger partial charge in [0.25, 0.3) is 5.91 Å². The molecular weight excluding hydrogens is 326 g/mol. The monoisotopic (exact) mass is 353 g/mol. The Morgan fingerprint density at radius 1 is 1.00 bits per heavy atom. The highest BCUT2D eigenvalue weighted by Crippen LogP contribution is 2.21. The minimum atomic E-state index is -0.159. The Hall–Kier alpha value is -2.62. The molecule has 1 amide bonds. The first-order valence-corrected chi connectivity index (χ1v) is 9.10. The highest BCUT2D eigenvalue weighted by atomic mass is 16.5. The highest BCUT2D eigenvalue weighted by molar-refractivity contribution is 5.95. The van der Waals surface area contributed by atoms with Crippen LogP contribution in [-0.2, 0) is 4.79 Å². The molecule has 2 rings (SSSR count). The van der Waals surface area contributed by atoms with E-state index >= 15 is 0 Å². The van der Waals surface area contributed by atoms with Crippen LogP contribution in [0.2, 0.25) is 0 Å². The molecule has 0 unspecified atom stereocenters. The number of hydrogen-bond donors (Lipinski definition) is 1. The second kappa shape index (κ2) is 9.76. The summed E-state index contributed by atoms with van der Waals surface area (Å²) in [5.41, 5.74) is 1.75. The first-order chi connectivity index (χ1) is 12.5. The van der Waals surface area contributed by atoms with Crippen molar-refractivity contribution in [3.63, 3.8) is 0 Å². The fourth-order valence-electron chi connectivity index (χ4n) is 2.76. The first-order valence-electron chi connectivity index (χ1n) is 9.10. The van der Waals surface area contributed by atoms with Gasteiger partial charge in [-0.15, -0.1) is 0 Å². The summed E-state index contributed by atoms with van der Waals surface area (Å²) in [6.45, 7) is 6.05. The largest absolute Gasteiger partial charge is 0.484 e. The van der Waals surface area contributed by atoms with Gasteiger partial charge in [0.15, 0.2) is 12.4 Å². The third kappa shape index (κ3) is 6.03. The van der Waals surface area contributed by atoms with E-state index in [1.54, 1.807) is 24.3 Å². The zero-order valence-corrected chi connectivity index (χ0v) is 15.7. The summed E-state index contributed by atoms with van der Waals surface area (Å²) in [7, 11) is 0. The predicted octanol–water partition coefficient (Wildman–Crippen LogP) is 4.56. The minimum Gasteiger partial charge on any atom is -0.484 e. The Morgan fingerprint density at radius 3 is 2.23 bits per heavy atom. The van der Waals surface area contributed by atoms with Crippen molar-refractivity contribution in [3.05, 3.63) is 65.7 Å². The van der Waals surface area contributed by atoms with E-state index in [9.17, 15) is 9.59 Å². The average molecular weight is 353 g/mol. The van der Waals surface area contributed by atoms with E-state index < -0.39 is 0 Å². The van der Waals surface area contributed by atoms with E-state index in [1.807, 2.05) is 37.3 Å². The van der Waals surface area contributed by atoms with Crippen LogP contribution >= 0.6 is 0 Å². The van der Waals surface area contributed by atoms with Crippen molar-refractivity contribution in [2.45, 2.75) is 39.7 Å². The lowest BCUT2D eigenvalue weighted by Crippen LogP contribution is -2.33. The molecule has 4 heteroatoms. The fourth-order valence-corrected chi connectivity index (χ4v) is 2.76. The standard InChI is InChI=1S/C22H27NO3/c1-4-21(24)18-10-12-19(13-11-18)26-15-22(25)23-20(14-16(2)3)17-8-6-5-7-9-17/h5-13,16,20H,4,14-15H2,1-3H3,(H,23,25)/t20-/m0/s1. The SMILES string of the molecule is CCC(=O)c1ccc(OCC(=O)N[C@@H](CC(C)C)c2ccccc2)cc1. The normalized spacial score (nSPS) is 11.8. The van der Waals surface area contributed by atoms with Gasteiger partial charge in [0.05, 0.1) is 6.04 Å². The Bertz CT molecular complexity index is 708. The quantitative estimate of drug-likeness (QED) is 0.672. The van der Waals surface area contributed by atoms with Crippen molar-refractivity contribution < 1.29 is 14.3 Å². The van der Waals surface area contributed by atoms with Crippen LogP contribution in [0.25, 0.3) is 0 Å². The van der Waals surface area contributed by atoms with Gasteiger partial charge in [-0.3, -0.25) is 9.59 Å². The molecule has 0 aliphatic rings. The van der Waals surface area contributed by atoms with Crippen LogP contribution in [0.5, 0.6) is 5.75 Å². The second-order valence-electron chi connectivity index (χ2n) is 6.75. The van der Waals surface area contributed by atoms with Crippen LogP contribution < -0.4 is 10.1 Å². The maximum absolute atomic E-state index is 12.3. The van der Waals surface area contributed by atoms with Crippen molar-refractivity contribution in [1.29, 1.82) is 0 Å². The van der Waals surface area contributed by atoms with Crippen LogP contribution in [0.1, 0.15) is 55.6 Å². The Morgan fingerprint density at radius 2 is 1.65 bits per heavy atom. The molecule has 0 aromatic heterocycles. The van der Waals surface area contributed by atoms with Crippen LogP contribution in [-0.4, -0.2) is 18.3 Å². The van der Waals surface area contributed by atoms with Crippen molar-refractivity contribution in [2.75, 3.05) is 6.61 Å². The number of amides is 1. The fraction of sp³-hybridized carbons (Fsp3) is 0.364. The minimum absolute atomic E-state index is 0.0307. The van der Waals surface area contributed by atoms with Gasteiger partial charge in [0.1, 0.15) is 5.75 Å². The number of carbonyl (C=O) groups is 2. The Labute approximate surface area is 155 Å². The molecule has 1 atom stereocenters. The summed E-state index contributed by atoms with van der Waals surface area (Å²) in [5, 5.41) is 3.06. The number of benzene rings is 2. The van der Waals surface area contributed by atoms with E-state index in [0.29, 0.717) is 23.7 Å². The lowest BCUT2D eigenvalue weighted by atomic mass is 9.97. The highest BCUT2D eigenvalue weighted by Gasteiger charge is 2.16. The topological polar surface area (TPSA) is 55.4 Å². The number of ketones is 1. The van der Waals surface area contributed by atoms with Gasteiger partial charge in [-0.1, -0.05) is 51.1 Å². The van der Waals surface area contributed by atoms with E-state index in [1.165, 1.54) is 0 Å². The van der Waals surface area contributed by atoms with Gasteiger partial charge >= 0.3 is 0 Å². The molecule has 2 aromatic carbocycles. The maximum Gasteiger partial charge on any atom is 0.258 e. The third-order valence-corrected chi connectivity index (χ3v) is 4.11. The van der Waals surface area contributed by atoms with Gasteiger partial charge in [-0.2, -0.15) is 0 Å². The van der Waals surface area contributed by atoms with Crippen molar-refractivity contribution in [2.24, 2.45) is 5.92 Å². The number of hydrogen-bond acceptors (Lipinski definition) is 3. The van der Waals surface area contributed by atoms with Crippen molar-refractivity contribution in [1.82, 2.24) is 5.32 Å². The molecule has 1 N–H and O–H groups in total. The number of Topliss-reactive ketones (excluding diaryl/α,β-unsaturated/α-hetero) is 1. The molecule has 0 radical (unpaired) electrons. The van der Waals surface area contributed by atoms with Crippen LogP contribution in [0.3, 0.4) is 0 Å². The first kappa shape index (κ1) is 19.7. The van der Waals surface area contributed by atoms with Crippen molar-refractivity contribution >= 4 is 11.7 Å². The number of carbonyl (C=O) groups excluding carboxylic acids is 2. The summed E-state index contributed by atoms with van der Waals surface area (Å²) in [6.07, 6.45) is 1.34. The molecule has 0 heterocycles. The molecular formula is C22H27NO3. The van der Waals surface area contributed by atoms with Crippen LogP contribution in [0, 0.1) is 5.92 Å². The number of rotatable bonds is 9. The van der Waals surface area contributed by atoms with E-state index in [-0.39, 0.29) is 24.3 Å². The zero-order valence-electron chi connectivity index (χ0n) is 15.7. The van der Waals surface area contributed by atoms with E-state index in [0.717, 1.165) is 12.0 Å². The molecule has 0 aliphatic carbocycles. The van der Waals surface area contributed by atoms with E-state index in [4.69, 9.17) is 4.74 Å². The van der Waals surface area contributed by atoms with Gasteiger partial charge < -0.3 is 10.1 Å². The lowest BCUT2D eigenvalue weighted by molar-refractivity contribution is -0.124. The molecule has 0 spiro atoms. The molecule has 26 heavy (non-hydrogen) atoms. The van der Waals surface area contributed by atoms with E-state index in [2.05, 4.69) is 19.2 Å². The maximum atomic E-state index is 12.3. The second-order valence-corrected chi connectivity index (χ2v) is 6.75. The molecule has 0 fully saturated rings. The predicted molar refractivity (Wildman–Crippen MR) is 103 cm³/mol. The summed E-state index contributed by atoms with van der Waals surface area (Å²) >= 11 is 0. The van der Waals surface area contributed by atoms with Gasteiger partial charge in [-0.25, -0.2) is 0 Å². The third-order valence-electron chi connectivity index (χ3n) is 4.11. The molecule has 0 saturated carbocycles. The summed E-state index contributed by atoms with van der Waals surface area (Å²) in [5.74, 6) is 0.972. The lowest BCUT2D eigenvalue weighted by Gasteiger charge is -2.21. The van der Waals surface area contributed by atoms with Gasteiger partial charge in [0, 0.05) is 12.0 Å². The Kier molecular flexibility index (Phi) is 7.39.